The molecule has 1 amide bonds. The smallest absolute Gasteiger partial charge is 0.305 e. The third kappa shape index (κ3) is 55.8. The van der Waals surface area contributed by atoms with Crippen LogP contribution in [0.2, 0.25) is 0 Å². The van der Waals surface area contributed by atoms with Gasteiger partial charge in [-0.1, -0.05) is 341 Å². The van der Waals surface area contributed by atoms with E-state index in [1.807, 2.05) is 6.08 Å². The van der Waals surface area contributed by atoms with E-state index in [1.165, 1.54) is 295 Å². The van der Waals surface area contributed by atoms with Crippen LogP contribution in [0.3, 0.4) is 0 Å². The maximum atomic E-state index is 13.0. The molecular formula is C64H125NO4. The molecule has 0 aliphatic rings. The molecule has 5 heteroatoms. The molecule has 0 saturated heterocycles. The van der Waals surface area contributed by atoms with Crippen LogP contribution in [-0.2, 0) is 14.3 Å². The fourth-order valence-electron chi connectivity index (χ4n) is 10.1. The highest BCUT2D eigenvalue weighted by atomic mass is 16.5. The molecule has 0 aromatic rings. The number of ether oxygens (including phenoxy) is 1. The summed E-state index contributed by atoms with van der Waals surface area (Å²) in [6.07, 6.45) is 72.9. The van der Waals surface area contributed by atoms with Crippen LogP contribution >= 0.6 is 0 Å². The number of carbonyl (C=O) groups excluding carboxylic acids is 2. The van der Waals surface area contributed by atoms with Gasteiger partial charge in [-0.3, -0.25) is 9.59 Å². The zero-order valence-corrected chi connectivity index (χ0v) is 47.4. The molecule has 69 heavy (non-hydrogen) atoms. The van der Waals surface area contributed by atoms with E-state index < -0.39 is 12.1 Å². The third-order valence-corrected chi connectivity index (χ3v) is 15.0. The first-order valence-corrected chi connectivity index (χ1v) is 31.8. The largest absolute Gasteiger partial charge is 0.463 e. The highest BCUT2D eigenvalue weighted by Crippen LogP contribution is 2.18. The molecule has 0 aliphatic carbocycles. The Hall–Kier alpha value is -1.36. The number of unbranched alkanes of at least 4 members (excludes halogenated alkanes) is 49. The molecular weight excluding hydrogens is 847 g/mol. The zero-order chi connectivity index (χ0) is 50.0. The van der Waals surface area contributed by atoms with Crippen molar-refractivity contribution < 1.29 is 19.4 Å². The van der Waals surface area contributed by atoms with Gasteiger partial charge >= 0.3 is 5.97 Å². The zero-order valence-electron chi connectivity index (χ0n) is 47.4. The molecule has 0 radical (unpaired) electrons. The van der Waals surface area contributed by atoms with Crippen molar-refractivity contribution in [3.05, 3.63) is 12.2 Å². The minimum Gasteiger partial charge on any atom is -0.463 e. The fourth-order valence-corrected chi connectivity index (χ4v) is 10.1. The predicted molar refractivity (Wildman–Crippen MR) is 304 cm³/mol. The Balaban J connectivity index is 4.19. The number of hydrogen-bond acceptors (Lipinski definition) is 4. The van der Waals surface area contributed by atoms with Crippen LogP contribution in [0.15, 0.2) is 12.2 Å². The lowest BCUT2D eigenvalue weighted by atomic mass is 10.0. The second-order valence-corrected chi connectivity index (χ2v) is 22.0. The van der Waals surface area contributed by atoms with E-state index in [0.29, 0.717) is 12.8 Å². The summed E-state index contributed by atoms with van der Waals surface area (Å²) in [4.78, 5) is 25.8. The number of allylic oxidation sites excluding steroid dienone is 1. The Labute approximate surface area is 433 Å². The number of carbonyl (C=O) groups is 2. The van der Waals surface area contributed by atoms with E-state index in [-0.39, 0.29) is 18.5 Å². The summed E-state index contributed by atoms with van der Waals surface area (Å²) < 4.78 is 5.68. The number of rotatable bonds is 59. The van der Waals surface area contributed by atoms with Gasteiger partial charge in [0, 0.05) is 12.8 Å². The molecule has 0 rings (SSSR count). The summed E-state index contributed by atoms with van der Waals surface area (Å²) in [7, 11) is 0. The molecule has 0 heterocycles. The highest BCUT2D eigenvalue weighted by Gasteiger charge is 2.21. The van der Waals surface area contributed by atoms with Crippen molar-refractivity contribution in [3.63, 3.8) is 0 Å². The quantitative estimate of drug-likeness (QED) is 0.0362. The third-order valence-electron chi connectivity index (χ3n) is 15.0. The Morgan fingerprint density at radius 2 is 0.609 bits per heavy atom. The van der Waals surface area contributed by atoms with Gasteiger partial charge in [-0.05, 0) is 25.7 Å². The summed E-state index contributed by atoms with van der Waals surface area (Å²) in [6, 6.07) is -0.615. The number of hydrogen-bond donors (Lipinski definition) is 2. The van der Waals surface area contributed by atoms with Gasteiger partial charge in [0.25, 0.3) is 0 Å². The number of esters is 1. The molecule has 0 unspecified atom stereocenters. The lowest BCUT2D eigenvalue weighted by molar-refractivity contribution is -0.146. The van der Waals surface area contributed by atoms with Crippen molar-refractivity contribution in [1.29, 1.82) is 0 Å². The summed E-state index contributed by atoms with van der Waals surface area (Å²) in [5.41, 5.74) is 0. The van der Waals surface area contributed by atoms with E-state index >= 15 is 0 Å². The first kappa shape index (κ1) is 67.6. The van der Waals surface area contributed by atoms with Crippen LogP contribution in [0.1, 0.15) is 367 Å². The average Bonchev–Trinajstić information content (AvgIpc) is 3.35. The molecule has 0 spiro atoms. The topological polar surface area (TPSA) is 75.6 Å². The van der Waals surface area contributed by atoms with E-state index in [2.05, 4.69) is 32.2 Å². The standard InChI is InChI=1S/C64H125NO4/c1-4-7-10-13-16-19-22-25-27-28-29-30-31-32-33-34-35-36-38-41-44-47-50-53-56-59-64(68)69-60-61(62(66)57-54-51-48-45-42-39-24-21-18-15-12-9-6-3)65-63(67)58-55-52-49-46-43-40-37-26-23-20-17-14-11-8-5-2/h54,57,61-62,66H,4-53,55-56,58-60H2,1-3H3,(H,65,67)/b57-54+/t61-,62+/m0/s1. The summed E-state index contributed by atoms with van der Waals surface area (Å²) in [5, 5.41) is 14.2. The fraction of sp³-hybridized carbons (Fsp3) is 0.938. The van der Waals surface area contributed by atoms with Gasteiger partial charge in [0.1, 0.15) is 6.61 Å². The van der Waals surface area contributed by atoms with Gasteiger partial charge < -0.3 is 15.2 Å². The van der Waals surface area contributed by atoms with Crippen molar-refractivity contribution in [3.8, 4) is 0 Å². The van der Waals surface area contributed by atoms with Crippen LogP contribution in [0.25, 0.3) is 0 Å². The number of nitrogens with one attached hydrogen (secondary N) is 1. The minimum atomic E-state index is -0.871. The lowest BCUT2D eigenvalue weighted by Crippen LogP contribution is -2.46. The highest BCUT2D eigenvalue weighted by molar-refractivity contribution is 5.76. The Morgan fingerprint density at radius 3 is 0.899 bits per heavy atom. The Kier molecular flexibility index (Phi) is 58.0. The van der Waals surface area contributed by atoms with Crippen molar-refractivity contribution >= 4 is 11.9 Å². The maximum absolute atomic E-state index is 13.0. The SMILES string of the molecule is CCCCCCCCCCCCC/C=C/[C@@H](O)[C@H](COC(=O)CCCCCCCCCCCCCCCCCCCCCCCCCCC)NC(=O)CCCCCCCCCCCCCCCCC. The van der Waals surface area contributed by atoms with E-state index in [4.69, 9.17) is 4.74 Å². The van der Waals surface area contributed by atoms with Gasteiger partial charge in [-0.25, -0.2) is 0 Å². The van der Waals surface area contributed by atoms with Gasteiger partial charge in [0.05, 0.1) is 12.1 Å². The molecule has 5 nitrogen and oxygen atoms in total. The average molecular weight is 973 g/mol. The van der Waals surface area contributed by atoms with Crippen LogP contribution in [0, 0.1) is 0 Å². The number of amides is 1. The maximum Gasteiger partial charge on any atom is 0.305 e. The molecule has 0 saturated carbocycles. The van der Waals surface area contributed by atoms with Crippen molar-refractivity contribution in [1.82, 2.24) is 5.32 Å². The molecule has 0 aromatic heterocycles. The van der Waals surface area contributed by atoms with E-state index in [1.54, 1.807) is 0 Å². The molecule has 0 fully saturated rings. The number of aliphatic hydroxyl groups is 1. The van der Waals surface area contributed by atoms with E-state index in [0.717, 1.165) is 38.5 Å². The van der Waals surface area contributed by atoms with Gasteiger partial charge in [-0.15, -0.1) is 0 Å². The molecule has 0 aliphatic heterocycles. The second kappa shape index (κ2) is 59.2. The Bertz CT molecular complexity index is 1030. The molecule has 2 N–H and O–H groups in total. The lowest BCUT2D eigenvalue weighted by Gasteiger charge is -2.22. The molecule has 0 aromatic carbocycles. The van der Waals surface area contributed by atoms with Gasteiger partial charge in [0.15, 0.2) is 0 Å². The van der Waals surface area contributed by atoms with Crippen LogP contribution in [-0.4, -0.2) is 35.7 Å². The second-order valence-electron chi connectivity index (χ2n) is 22.0. The van der Waals surface area contributed by atoms with Crippen molar-refractivity contribution in [2.75, 3.05) is 6.61 Å². The normalized spacial score (nSPS) is 12.6. The first-order chi connectivity index (χ1) is 34.0. The molecule has 410 valence electrons. The first-order valence-electron chi connectivity index (χ1n) is 31.8. The monoisotopic (exact) mass is 972 g/mol. The van der Waals surface area contributed by atoms with Crippen molar-refractivity contribution in [2.45, 2.75) is 380 Å². The van der Waals surface area contributed by atoms with Crippen LogP contribution in [0.5, 0.6) is 0 Å². The van der Waals surface area contributed by atoms with Crippen LogP contribution < -0.4 is 5.32 Å². The predicted octanol–water partition coefficient (Wildman–Crippen LogP) is 21.1. The Morgan fingerprint density at radius 1 is 0.362 bits per heavy atom. The van der Waals surface area contributed by atoms with Gasteiger partial charge in [0.2, 0.25) is 5.91 Å². The number of aliphatic hydroxyl groups excluding tert-OH is 1. The minimum absolute atomic E-state index is 0.0207. The van der Waals surface area contributed by atoms with Gasteiger partial charge in [-0.2, -0.15) is 0 Å². The van der Waals surface area contributed by atoms with Crippen molar-refractivity contribution in [2.24, 2.45) is 0 Å². The molecule has 0 bridgehead atoms. The summed E-state index contributed by atoms with van der Waals surface area (Å²) in [6.45, 7) is 6.88. The summed E-state index contributed by atoms with van der Waals surface area (Å²) in [5.74, 6) is -0.272. The molecule has 2 atom stereocenters. The summed E-state index contributed by atoms with van der Waals surface area (Å²) >= 11 is 0. The van der Waals surface area contributed by atoms with Crippen LogP contribution in [0.4, 0.5) is 0 Å². The van der Waals surface area contributed by atoms with E-state index in [9.17, 15) is 14.7 Å².